The molecule has 1 aromatic carbocycles. The van der Waals surface area contributed by atoms with E-state index in [4.69, 9.17) is 10.8 Å². The van der Waals surface area contributed by atoms with Crippen molar-refractivity contribution < 1.29 is 19.4 Å². The van der Waals surface area contributed by atoms with Crippen molar-refractivity contribution in [3.63, 3.8) is 0 Å². The molecule has 0 unspecified atom stereocenters. The van der Waals surface area contributed by atoms with Gasteiger partial charge in [-0.25, -0.2) is 9.18 Å². The van der Waals surface area contributed by atoms with E-state index in [1.165, 1.54) is 6.08 Å². The maximum Gasteiger partial charge on any atom is 0.339 e. The Hall–Kier alpha value is -1.88. The fraction of sp³-hybridized carbons (Fsp3) is 0.182. The summed E-state index contributed by atoms with van der Waals surface area (Å²) in [6.45, 7) is 3.44. The van der Waals surface area contributed by atoms with Gasteiger partial charge in [-0.05, 0) is 18.6 Å². The molecule has 0 aliphatic rings. The third-order valence-electron chi connectivity index (χ3n) is 2.19. The Morgan fingerprint density at radius 3 is 2.75 bits per heavy atom. The molecule has 0 aliphatic carbocycles. The second kappa shape index (κ2) is 4.76. The van der Waals surface area contributed by atoms with Crippen LogP contribution in [0.1, 0.15) is 28.4 Å². The normalized spacial score (nSPS) is 12.1. The Balaban J connectivity index is 3.31. The van der Waals surface area contributed by atoms with Gasteiger partial charge < -0.3 is 15.9 Å². The third-order valence-corrected chi connectivity index (χ3v) is 2.19. The highest BCUT2D eigenvalue weighted by Crippen LogP contribution is 2.31. The Morgan fingerprint density at radius 2 is 2.25 bits per heavy atom. The predicted octanol–water partition coefficient (Wildman–Crippen LogP) is 1.81. The lowest BCUT2D eigenvalue weighted by atomic mass is 9.99. The number of carboxylic acids is 1. The number of aromatic carboxylic acids is 1. The van der Waals surface area contributed by atoms with E-state index in [0.717, 1.165) is 12.1 Å². The van der Waals surface area contributed by atoms with Gasteiger partial charge in [0.25, 0.3) is 0 Å². The Morgan fingerprint density at radius 1 is 1.62 bits per heavy atom. The van der Waals surface area contributed by atoms with Gasteiger partial charge in [-0.2, -0.15) is 0 Å². The molecule has 1 atom stereocenters. The molecule has 0 radical (unpaired) electrons. The van der Waals surface area contributed by atoms with Crippen molar-refractivity contribution in [1.29, 1.82) is 0 Å². The Kier molecular flexibility index (Phi) is 3.63. The smallest absolute Gasteiger partial charge is 0.339 e. The largest absolute Gasteiger partial charge is 0.507 e. The summed E-state index contributed by atoms with van der Waals surface area (Å²) >= 11 is 0. The molecular weight excluding hydrogens is 213 g/mol. The van der Waals surface area contributed by atoms with Crippen LogP contribution in [-0.2, 0) is 0 Å². The number of carbonyl (C=O) groups is 1. The highest BCUT2D eigenvalue weighted by atomic mass is 19.1. The average molecular weight is 225 g/mol. The van der Waals surface area contributed by atoms with Gasteiger partial charge in [-0.1, -0.05) is 6.08 Å². The lowest BCUT2D eigenvalue weighted by Gasteiger charge is -2.14. The predicted molar refractivity (Wildman–Crippen MR) is 56.8 cm³/mol. The minimum atomic E-state index is -1.33. The molecule has 0 heterocycles. The molecule has 4 nitrogen and oxygen atoms in total. The molecule has 4 N–H and O–H groups in total. The van der Waals surface area contributed by atoms with Gasteiger partial charge in [0.1, 0.15) is 17.1 Å². The molecular formula is C11H12FNO3. The highest BCUT2D eigenvalue weighted by molar-refractivity contribution is 5.91. The van der Waals surface area contributed by atoms with Crippen molar-refractivity contribution >= 4 is 5.97 Å². The topological polar surface area (TPSA) is 83.6 Å². The summed E-state index contributed by atoms with van der Waals surface area (Å²) < 4.78 is 13.4. The molecule has 16 heavy (non-hydrogen) atoms. The standard InChI is InChI=1S/C11H12FNO3/c1-2-3-8(13)9-7(12)5-4-6(10(9)14)11(15)16/h2,4-5,8,14H,1,3,13H2,(H,15,16)/t8-/m1/s1. The molecule has 0 amide bonds. The zero-order chi connectivity index (χ0) is 12.3. The SMILES string of the molecule is C=CC[C@@H](N)c1c(F)ccc(C(=O)O)c1O. The van der Waals surface area contributed by atoms with Crippen LogP contribution in [-0.4, -0.2) is 16.2 Å². The molecule has 0 aromatic heterocycles. The van der Waals surface area contributed by atoms with E-state index in [1.807, 2.05) is 0 Å². The van der Waals surface area contributed by atoms with Gasteiger partial charge in [0.05, 0.1) is 0 Å². The molecule has 5 heteroatoms. The van der Waals surface area contributed by atoms with Crippen LogP contribution < -0.4 is 5.73 Å². The maximum absolute atomic E-state index is 13.4. The van der Waals surface area contributed by atoms with E-state index in [2.05, 4.69) is 6.58 Å². The van der Waals surface area contributed by atoms with Gasteiger partial charge >= 0.3 is 5.97 Å². The van der Waals surface area contributed by atoms with Crippen molar-refractivity contribution in [2.24, 2.45) is 5.73 Å². The monoisotopic (exact) mass is 225 g/mol. The van der Waals surface area contributed by atoms with Gasteiger partial charge in [0.15, 0.2) is 0 Å². The molecule has 1 aromatic rings. The third kappa shape index (κ3) is 2.20. The minimum Gasteiger partial charge on any atom is -0.507 e. The summed E-state index contributed by atoms with van der Waals surface area (Å²) in [4.78, 5) is 10.7. The van der Waals surface area contributed by atoms with E-state index in [9.17, 15) is 14.3 Å². The molecule has 0 aliphatic heterocycles. The number of hydrogen-bond donors (Lipinski definition) is 3. The first-order chi connectivity index (χ1) is 7.49. The number of carboxylic acid groups (broad SMARTS) is 1. The Labute approximate surface area is 91.8 Å². The van der Waals surface area contributed by atoms with Gasteiger partial charge in [-0.15, -0.1) is 6.58 Å². The van der Waals surface area contributed by atoms with E-state index in [-0.39, 0.29) is 17.5 Å². The zero-order valence-corrected chi connectivity index (χ0v) is 8.48. The zero-order valence-electron chi connectivity index (χ0n) is 8.48. The Bertz CT molecular complexity index is 431. The molecule has 0 saturated carbocycles. The molecule has 86 valence electrons. The molecule has 0 saturated heterocycles. The number of hydrogen-bond acceptors (Lipinski definition) is 3. The lowest BCUT2D eigenvalue weighted by Crippen LogP contribution is -2.13. The van der Waals surface area contributed by atoms with Crippen molar-refractivity contribution in [3.8, 4) is 5.75 Å². The number of benzene rings is 1. The fourth-order valence-corrected chi connectivity index (χ4v) is 1.41. The summed E-state index contributed by atoms with van der Waals surface area (Å²) in [5.74, 6) is -2.68. The highest BCUT2D eigenvalue weighted by Gasteiger charge is 2.21. The molecule has 0 bridgehead atoms. The lowest BCUT2D eigenvalue weighted by molar-refractivity contribution is 0.0693. The fourth-order valence-electron chi connectivity index (χ4n) is 1.41. The summed E-state index contributed by atoms with van der Waals surface area (Å²) in [6, 6.07) is 1.16. The summed E-state index contributed by atoms with van der Waals surface area (Å²) in [5, 5.41) is 18.4. The first-order valence-corrected chi connectivity index (χ1v) is 4.60. The first kappa shape index (κ1) is 12.2. The molecule has 1 rings (SSSR count). The van der Waals surface area contributed by atoms with E-state index < -0.39 is 23.6 Å². The number of halogens is 1. The summed E-state index contributed by atoms with van der Waals surface area (Å²) in [6.07, 6.45) is 1.71. The average Bonchev–Trinajstić information content (AvgIpc) is 2.17. The quantitative estimate of drug-likeness (QED) is 0.682. The van der Waals surface area contributed by atoms with Crippen LogP contribution in [0.4, 0.5) is 4.39 Å². The summed E-state index contributed by atoms with van der Waals surface area (Å²) in [5.41, 5.74) is 5.05. The first-order valence-electron chi connectivity index (χ1n) is 4.60. The van der Waals surface area contributed by atoms with Crippen LogP contribution >= 0.6 is 0 Å². The van der Waals surface area contributed by atoms with Crippen molar-refractivity contribution in [2.75, 3.05) is 0 Å². The second-order valence-electron chi connectivity index (χ2n) is 3.29. The van der Waals surface area contributed by atoms with Crippen LogP contribution in [0, 0.1) is 5.82 Å². The number of nitrogens with two attached hydrogens (primary N) is 1. The number of rotatable bonds is 4. The molecule has 0 fully saturated rings. The van der Waals surface area contributed by atoms with E-state index in [1.54, 1.807) is 0 Å². The van der Waals surface area contributed by atoms with E-state index in [0.29, 0.717) is 0 Å². The van der Waals surface area contributed by atoms with Crippen LogP contribution in [0.15, 0.2) is 24.8 Å². The molecule has 0 spiro atoms. The second-order valence-corrected chi connectivity index (χ2v) is 3.29. The number of aromatic hydroxyl groups is 1. The van der Waals surface area contributed by atoms with Crippen molar-refractivity contribution in [2.45, 2.75) is 12.5 Å². The number of phenols is 1. The van der Waals surface area contributed by atoms with E-state index >= 15 is 0 Å². The van der Waals surface area contributed by atoms with Crippen molar-refractivity contribution in [1.82, 2.24) is 0 Å². The van der Waals surface area contributed by atoms with Gasteiger partial charge in [-0.3, -0.25) is 0 Å². The van der Waals surface area contributed by atoms with Gasteiger partial charge in [0.2, 0.25) is 0 Å². The summed E-state index contributed by atoms with van der Waals surface area (Å²) in [7, 11) is 0. The van der Waals surface area contributed by atoms with Crippen LogP contribution in [0.25, 0.3) is 0 Å². The van der Waals surface area contributed by atoms with Crippen LogP contribution in [0.2, 0.25) is 0 Å². The van der Waals surface area contributed by atoms with Crippen molar-refractivity contribution in [3.05, 3.63) is 41.7 Å². The minimum absolute atomic E-state index is 0.195. The van der Waals surface area contributed by atoms with Gasteiger partial charge in [0, 0.05) is 11.6 Å². The van der Waals surface area contributed by atoms with Crippen LogP contribution in [0.5, 0.6) is 5.75 Å². The maximum atomic E-state index is 13.4. The van der Waals surface area contributed by atoms with Crippen LogP contribution in [0.3, 0.4) is 0 Å².